The maximum Gasteiger partial charge on any atom is 0.261 e. The second kappa shape index (κ2) is 6.93. The molecule has 0 fully saturated rings. The Labute approximate surface area is 144 Å². The van der Waals surface area contributed by atoms with E-state index in [0.717, 1.165) is 5.56 Å². The van der Waals surface area contributed by atoms with Crippen LogP contribution in [-0.4, -0.2) is 22.2 Å². The van der Waals surface area contributed by atoms with Crippen molar-refractivity contribution in [2.75, 3.05) is 7.11 Å². The van der Waals surface area contributed by atoms with E-state index in [2.05, 4.69) is 4.98 Å². The van der Waals surface area contributed by atoms with Gasteiger partial charge in [-0.3, -0.25) is 9.36 Å². The van der Waals surface area contributed by atoms with E-state index in [1.54, 1.807) is 30.0 Å². The Bertz CT molecular complexity index is 907. The third kappa shape index (κ3) is 3.36. The molecule has 0 aliphatic heterocycles. The summed E-state index contributed by atoms with van der Waals surface area (Å²) in [6, 6.07) is 13.1. The lowest BCUT2D eigenvalue weighted by molar-refractivity contribution is 0.281. The van der Waals surface area contributed by atoms with Gasteiger partial charge in [0.2, 0.25) is 0 Å². The average molecular weight is 345 g/mol. The molecule has 0 amide bonds. The van der Waals surface area contributed by atoms with E-state index in [9.17, 15) is 4.79 Å². The van der Waals surface area contributed by atoms with Crippen LogP contribution < -0.4 is 15.0 Å². The zero-order valence-electron chi connectivity index (χ0n) is 13.4. The molecular formula is C18H17ClN2O3. The summed E-state index contributed by atoms with van der Waals surface area (Å²) in [7, 11) is 1.53. The molecule has 1 aromatic heterocycles. The second-order valence-electron chi connectivity index (χ2n) is 5.34. The maximum absolute atomic E-state index is 12.8. The zero-order chi connectivity index (χ0) is 17.1. The number of nitrogens with zero attached hydrogens (tertiary/aromatic N) is 2. The zero-order valence-corrected chi connectivity index (χ0v) is 14.2. The van der Waals surface area contributed by atoms with Crippen LogP contribution in [-0.2, 0) is 6.54 Å². The molecule has 0 N–H and O–H groups in total. The predicted molar refractivity (Wildman–Crippen MR) is 94.0 cm³/mol. The molecule has 0 aliphatic rings. The largest absolute Gasteiger partial charge is 0.493 e. The summed E-state index contributed by atoms with van der Waals surface area (Å²) in [6.45, 7) is 2.15. The first-order chi connectivity index (χ1) is 11.6. The van der Waals surface area contributed by atoms with E-state index < -0.39 is 5.56 Å². The Balaban J connectivity index is 2.08. The highest BCUT2D eigenvalue weighted by atomic mass is 35.5. The van der Waals surface area contributed by atoms with E-state index in [0.29, 0.717) is 28.9 Å². The Morgan fingerprint density at radius 2 is 1.96 bits per heavy atom. The Hall–Kier alpha value is -2.53. The molecule has 0 spiro atoms. The Morgan fingerprint density at radius 1 is 1.21 bits per heavy atom. The predicted octanol–water partition coefficient (Wildman–Crippen LogP) is 3.42. The highest BCUT2D eigenvalue weighted by Crippen LogP contribution is 2.31. The average Bonchev–Trinajstić information content (AvgIpc) is 2.58. The highest BCUT2D eigenvalue weighted by Gasteiger charge is 2.13. The summed E-state index contributed by atoms with van der Waals surface area (Å²) in [5.41, 5.74) is 0.897. The van der Waals surface area contributed by atoms with Crippen LogP contribution in [0.1, 0.15) is 12.5 Å². The summed E-state index contributed by atoms with van der Waals surface area (Å²) < 4.78 is 12.4. The Kier molecular flexibility index (Phi) is 4.71. The number of aromatic nitrogens is 2. The third-order valence-corrected chi connectivity index (χ3v) is 3.68. The monoisotopic (exact) mass is 344 g/mol. The normalized spacial score (nSPS) is 12.1. The lowest BCUT2D eigenvalue weighted by atomic mass is 10.2. The van der Waals surface area contributed by atoms with Crippen LogP contribution in [0.25, 0.3) is 10.9 Å². The van der Waals surface area contributed by atoms with Crippen molar-refractivity contribution >= 4 is 22.5 Å². The molecule has 0 aliphatic carbocycles. The molecule has 124 valence electrons. The van der Waals surface area contributed by atoms with Gasteiger partial charge in [-0.15, -0.1) is 0 Å². The second-order valence-corrected chi connectivity index (χ2v) is 5.96. The van der Waals surface area contributed by atoms with Crippen molar-refractivity contribution in [3.05, 3.63) is 64.7 Å². The standard InChI is InChI=1S/C18H17ClN2O3/c1-12(19)24-17-8-14-15(9-16(17)23-2)20-11-21(18(14)22)10-13-6-4-3-5-7-13/h3-9,11-12H,10H2,1-2H3. The highest BCUT2D eigenvalue weighted by molar-refractivity contribution is 6.19. The quantitative estimate of drug-likeness (QED) is 0.665. The molecule has 3 rings (SSSR count). The number of ether oxygens (including phenoxy) is 2. The van der Waals surface area contributed by atoms with Crippen LogP contribution in [0.2, 0.25) is 0 Å². The van der Waals surface area contributed by atoms with E-state index in [1.165, 1.54) is 7.11 Å². The van der Waals surface area contributed by atoms with Gasteiger partial charge >= 0.3 is 0 Å². The number of alkyl halides is 1. The van der Waals surface area contributed by atoms with Gasteiger partial charge < -0.3 is 9.47 Å². The number of hydrogen-bond donors (Lipinski definition) is 0. The van der Waals surface area contributed by atoms with Gasteiger partial charge in [0.05, 0.1) is 30.9 Å². The van der Waals surface area contributed by atoms with E-state index >= 15 is 0 Å². The molecule has 24 heavy (non-hydrogen) atoms. The van der Waals surface area contributed by atoms with Gasteiger partial charge in [-0.05, 0) is 18.6 Å². The molecule has 0 saturated heterocycles. The smallest absolute Gasteiger partial charge is 0.261 e. The minimum atomic E-state index is -0.542. The first kappa shape index (κ1) is 16.3. The number of halogens is 1. The number of benzene rings is 2. The fourth-order valence-electron chi connectivity index (χ4n) is 2.49. The van der Waals surface area contributed by atoms with Crippen molar-refractivity contribution in [2.24, 2.45) is 0 Å². The van der Waals surface area contributed by atoms with Crippen LogP contribution in [0.5, 0.6) is 11.5 Å². The van der Waals surface area contributed by atoms with Gasteiger partial charge in [0.15, 0.2) is 17.1 Å². The van der Waals surface area contributed by atoms with Gasteiger partial charge in [0.25, 0.3) is 5.56 Å². The molecule has 6 heteroatoms. The maximum atomic E-state index is 12.8. The lowest BCUT2D eigenvalue weighted by Gasteiger charge is -2.13. The van der Waals surface area contributed by atoms with Crippen molar-refractivity contribution in [2.45, 2.75) is 19.0 Å². The van der Waals surface area contributed by atoms with Gasteiger partial charge in [0, 0.05) is 6.07 Å². The topological polar surface area (TPSA) is 53.4 Å². The van der Waals surface area contributed by atoms with Crippen LogP contribution in [0, 0.1) is 0 Å². The summed E-state index contributed by atoms with van der Waals surface area (Å²) in [5, 5.41) is 0.460. The van der Waals surface area contributed by atoms with Gasteiger partial charge in [-0.1, -0.05) is 41.9 Å². The third-order valence-electron chi connectivity index (χ3n) is 3.59. The Morgan fingerprint density at radius 3 is 2.62 bits per heavy atom. The molecule has 1 unspecified atom stereocenters. The molecule has 3 aromatic rings. The molecule has 1 heterocycles. The van der Waals surface area contributed by atoms with Crippen molar-refractivity contribution in [3.8, 4) is 11.5 Å². The van der Waals surface area contributed by atoms with Gasteiger partial charge in [-0.25, -0.2) is 4.98 Å². The minimum Gasteiger partial charge on any atom is -0.493 e. The van der Waals surface area contributed by atoms with Crippen LogP contribution in [0.4, 0.5) is 0 Å². The van der Waals surface area contributed by atoms with Crippen molar-refractivity contribution in [1.29, 1.82) is 0 Å². The first-order valence-electron chi connectivity index (χ1n) is 7.50. The molecule has 0 radical (unpaired) electrons. The molecule has 0 saturated carbocycles. The molecule has 5 nitrogen and oxygen atoms in total. The van der Waals surface area contributed by atoms with Gasteiger partial charge in [0.1, 0.15) is 0 Å². The lowest BCUT2D eigenvalue weighted by Crippen LogP contribution is -2.21. The SMILES string of the molecule is COc1cc2ncn(Cc3ccccc3)c(=O)c2cc1OC(C)Cl. The number of hydrogen-bond acceptors (Lipinski definition) is 4. The van der Waals surface area contributed by atoms with Crippen molar-refractivity contribution in [1.82, 2.24) is 9.55 Å². The van der Waals surface area contributed by atoms with E-state index in [-0.39, 0.29) is 5.56 Å². The van der Waals surface area contributed by atoms with Crippen LogP contribution >= 0.6 is 11.6 Å². The summed E-state index contributed by atoms with van der Waals surface area (Å²) >= 11 is 5.89. The summed E-state index contributed by atoms with van der Waals surface area (Å²) in [4.78, 5) is 17.1. The number of methoxy groups -OCH3 is 1. The summed E-state index contributed by atoms with van der Waals surface area (Å²) in [5.74, 6) is 0.909. The van der Waals surface area contributed by atoms with Crippen molar-refractivity contribution in [3.63, 3.8) is 0 Å². The van der Waals surface area contributed by atoms with Crippen molar-refractivity contribution < 1.29 is 9.47 Å². The number of rotatable bonds is 5. The van der Waals surface area contributed by atoms with E-state index in [1.807, 2.05) is 30.3 Å². The van der Waals surface area contributed by atoms with E-state index in [4.69, 9.17) is 21.1 Å². The van der Waals surface area contributed by atoms with Crippen LogP contribution in [0.15, 0.2) is 53.6 Å². The van der Waals surface area contributed by atoms with Gasteiger partial charge in [-0.2, -0.15) is 0 Å². The molecule has 2 aromatic carbocycles. The number of fused-ring (bicyclic) bond motifs is 1. The molecule has 1 atom stereocenters. The molecule has 0 bridgehead atoms. The fourth-order valence-corrected chi connectivity index (χ4v) is 2.58. The fraction of sp³-hybridized carbons (Fsp3) is 0.222. The first-order valence-corrected chi connectivity index (χ1v) is 7.94. The minimum absolute atomic E-state index is 0.140. The molecular weight excluding hydrogens is 328 g/mol. The summed E-state index contributed by atoms with van der Waals surface area (Å²) in [6.07, 6.45) is 1.54. The van der Waals surface area contributed by atoms with Crippen LogP contribution in [0.3, 0.4) is 0 Å².